The van der Waals surface area contributed by atoms with Gasteiger partial charge in [-0.15, -0.1) is 0 Å². The van der Waals surface area contributed by atoms with E-state index in [0.717, 1.165) is 0 Å². The van der Waals surface area contributed by atoms with Crippen molar-refractivity contribution in [3.8, 4) is 5.75 Å². The standard InChI is InChI=1S/C18H22N2O7/c1-19(2)16(21)11-6-7-14(24-3)13(8-11)20-10-27-9-12(17(22)25-4)15(20)18(23)26-5/h6-8H,9-10H2,1-5H3. The summed E-state index contributed by atoms with van der Waals surface area (Å²) in [6.07, 6.45) is 0. The van der Waals surface area contributed by atoms with Gasteiger partial charge in [-0.2, -0.15) is 0 Å². The third-order valence-corrected chi connectivity index (χ3v) is 3.96. The molecule has 1 aromatic carbocycles. The van der Waals surface area contributed by atoms with Crippen LogP contribution in [-0.2, 0) is 23.8 Å². The fourth-order valence-corrected chi connectivity index (χ4v) is 2.63. The molecule has 0 unspecified atom stereocenters. The zero-order valence-corrected chi connectivity index (χ0v) is 15.9. The van der Waals surface area contributed by atoms with Gasteiger partial charge in [-0.3, -0.25) is 4.79 Å². The Kier molecular flexibility index (Phi) is 6.40. The molecule has 1 aliphatic heterocycles. The summed E-state index contributed by atoms with van der Waals surface area (Å²) >= 11 is 0. The quantitative estimate of drug-likeness (QED) is 0.694. The van der Waals surface area contributed by atoms with Crippen LogP contribution in [0, 0.1) is 0 Å². The summed E-state index contributed by atoms with van der Waals surface area (Å²) in [6, 6.07) is 4.78. The number of rotatable bonds is 5. The molecule has 0 aromatic heterocycles. The van der Waals surface area contributed by atoms with Crippen molar-refractivity contribution in [3.63, 3.8) is 0 Å². The van der Waals surface area contributed by atoms with Gasteiger partial charge in [0.1, 0.15) is 18.2 Å². The Hall–Kier alpha value is -3.07. The van der Waals surface area contributed by atoms with E-state index in [1.54, 1.807) is 32.3 Å². The highest BCUT2D eigenvalue weighted by molar-refractivity contribution is 6.04. The molecule has 0 bridgehead atoms. The van der Waals surface area contributed by atoms with Crippen LogP contribution in [0.15, 0.2) is 29.5 Å². The van der Waals surface area contributed by atoms with Crippen molar-refractivity contribution in [1.29, 1.82) is 0 Å². The summed E-state index contributed by atoms with van der Waals surface area (Å²) in [5, 5.41) is 0. The second-order valence-electron chi connectivity index (χ2n) is 5.80. The summed E-state index contributed by atoms with van der Waals surface area (Å²) < 4.78 is 20.4. The molecular formula is C18H22N2O7. The highest BCUT2D eigenvalue weighted by atomic mass is 16.5. The molecule has 2 rings (SSSR count). The first-order valence-electron chi connectivity index (χ1n) is 8.00. The first-order chi connectivity index (χ1) is 12.8. The summed E-state index contributed by atoms with van der Waals surface area (Å²) in [4.78, 5) is 39.7. The number of methoxy groups -OCH3 is 3. The summed E-state index contributed by atoms with van der Waals surface area (Å²) in [5.74, 6) is -1.28. The second kappa shape index (κ2) is 8.54. The smallest absolute Gasteiger partial charge is 0.355 e. The van der Waals surface area contributed by atoms with Crippen molar-refractivity contribution >= 4 is 23.5 Å². The molecule has 0 fully saturated rings. The van der Waals surface area contributed by atoms with Crippen molar-refractivity contribution < 1.29 is 33.3 Å². The van der Waals surface area contributed by atoms with Gasteiger partial charge in [0.25, 0.3) is 5.91 Å². The molecule has 0 N–H and O–H groups in total. The first kappa shape index (κ1) is 20.2. The van der Waals surface area contributed by atoms with Crippen LogP contribution in [-0.4, -0.2) is 71.5 Å². The van der Waals surface area contributed by atoms with Gasteiger partial charge in [0.15, 0.2) is 0 Å². The van der Waals surface area contributed by atoms with Gasteiger partial charge in [-0.05, 0) is 18.2 Å². The molecule has 0 spiro atoms. The lowest BCUT2D eigenvalue weighted by molar-refractivity contribution is -0.140. The van der Waals surface area contributed by atoms with E-state index in [0.29, 0.717) is 17.0 Å². The SMILES string of the molecule is COC(=O)C1=C(C(=O)OC)N(c2cc(C(=O)N(C)C)ccc2OC)COC1. The van der Waals surface area contributed by atoms with Crippen molar-refractivity contribution in [3.05, 3.63) is 35.0 Å². The van der Waals surface area contributed by atoms with Gasteiger partial charge in [0, 0.05) is 19.7 Å². The van der Waals surface area contributed by atoms with Gasteiger partial charge >= 0.3 is 11.9 Å². The fourth-order valence-electron chi connectivity index (χ4n) is 2.63. The molecule has 1 amide bonds. The van der Waals surface area contributed by atoms with Crippen LogP contribution >= 0.6 is 0 Å². The van der Waals surface area contributed by atoms with Crippen molar-refractivity contribution in [1.82, 2.24) is 4.90 Å². The predicted octanol–water partition coefficient (Wildman–Crippen LogP) is 0.791. The van der Waals surface area contributed by atoms with Crippen LogP contribution in [0.25, 0.3) is 0 Å². The van der Waals surface area contributed by atoms with Crippen molar-refractivity contribution in [2.75, 3.05) is 53.7 Å². The zero-order chi connectivity index (χ0) is 20.1. The van der Waals surface area contributed by atoms with Gasteiger partial charge in [0.2, 0.25) is 0 Å². The van der Waals surface area contributed by atoms with E-state index in [1.165, 1.54) is 31.1 Å². The topological polar surface area (TPSA) is 94.6 Å². The zero-order valence-electron chi connectivity index (χ0n) is 15.9. The van der Waals surface area contributed by atoms with E-state index in [2.05, 4.69) is 0 Å². The lowest BCUT2D eigenvalue weighted by Crippen LogP contribution is -2.39. The average Bonchev–Trinajstić information content (AvgIpc) is 2.70. The maximum absolute atomic E-state index is 12.4. The summed E-state index contributed by atoms with van der Waals surface area (Å²) in [7, 11) is 7.14. The molecule has 9 nitrogen and oxygen atoms in total. The molecule has 0 saturated carbocycles. The number of esters is 2. The minimum Gasteiger partial charge on any atom is -0.495 e. The van der Waals surface area contributed by atoms with Crippen LogP contribution in [0.1, 0.15) is 10.4 Å². The maximum atomic E-state index is 12.4. The maximum Gasteiger partial charge on any atom is 0.355 e. The molecule has 146 valence electrons. The van der Waals surface area contributed by atoms with E-state index in [9.17, 15) is 14.4 Å². The van der Waals surface area contributed by atoms with Gasteiger partial charge in [-0.1, -0.05) is 0 Å². The Bertz CT molecular complexity index is 786. The van der Waals surface area contributed by atoms with E-state index < -0.39 is 11.9 Å². The van der Waals surface area contributed by atoms with Crippen LogP contribution < -0.4 is 9.64 Å². The van der Waals surface area contributed by atoms with E-state index in [4.69, 9.17) is 18.9 Å². The Labute approximate surface area is 157 Å². The van der Waals surface area contributed by atoms with Crippen LogP contribution in [0.3, 0.4) is 0 Å². The van der Waals surface area contributed by atoms with Crippen LogP contribution in [0.5, 0.6) is 5.75 Å². The van der Waals surface area contributed by atoms with Crippen LogP contribution in [0.4, 0.5) is 5.69 Å². The monoisotopic (exact) mass is 378 g/mol. The molecule has 1 heterocycles. The first-order valence-corrected chi connectivity index (χ1v) is 8.00. The van der Waals surface area contributed by atoms with Crippen molar-refractivity contribution in [2.24, 2.45) is 0 Å². The fraction of sp³-hybridized carbons (Fsp3) is 0.389. The third-order valence-electron chi connectivity index (χ3n) is 3.96. The van der Waals surface area contributed by atoms with Gasteiger partial charge in [0.05, 0.1) is 39.2 Å². The number of amides is 1. The Morgan fingerprint density at radius 2 is 1.74 bits per heavy atom. The molecule has 0 aliphatic carbocycles. The minimum absolute atomic E-state index is 0.0157. The Morgan fingerprint density at radius 1 is 1.07 bits per heavy atom. The Balaban J connectivity index is 2.66. The highest BCUT2D eigenvalue weighted by Gasteiger charge is 2.34. The predicted molar refractivity (Wildman–Crippen MR) is 95.4 cm³/mol. The molecular weight excluding hydrogens is 356 g/mol. The summed E-state index contributed by atoms with van der Waals surface area (Å²) in [5.41, 5.74) is 0.752. The number of carbonyl (C=O) groups is 3. The molecule has 0 atom stereocenters. The molecule has 1 aliphatic rings. The van der Waals surface area contributed by atoms with E-state index in [-0.39, 0.29) is 30.5 Å². The number of hydrogen-bond acceptors (Lipinski definition) is 8. The average molecular weight is 378 g/mol. The van der Waals surface area contributed by atoms with E-state index in [1.807, 2.05) is 0 Å². The minimum atomic E-state index is -0.731. The number of carbonyl (C=O) groups excluding carboxylic acids is 3. The highest BCUT2D eigenvalue weighted by Crippen LogP contribution is 2.35. The largest absolute Gasteiger partial charge is 0.495 e. The van der Waals surface area contributed by atoms with Gasteiger partial charge < -0.3 is 28.7 Å². The molecule has 0 radical (unpaired) electrons. The molecule has 1 aromatic rings. The van der Waals surface area contributed by atoms with Gasteiger partial charge in [-0.25, -0.2) is 9.59 Å². The molecule has 27 heavy (non-hydrogen) atoms. The molecule has 9 heteroatoms. The second-order valence-corrected chi connectivity index (χ2v) is 5.80. The number of anilines is 1. The molecule has 0 saturated heterocycles. The number of benzene rings is 1. The lowest BCUT2D eigenvalue weighted by Gasteiger charge is -2.32. The Morgan fingerprint density at radius 3 is 2.30 bits per heavy atom. The number of nitrogens with zero attached hydrogens (tertiary/aromatic N) is 2. The lowest BCUT2D eigenvalue weighted by atomic mass is 10.1. The number of hydrogen-bond donors (Lipinski definition) is 0. The summed E-state index contributed by atoms with van der Waals surface area (Å²) in [6.45, 7) is -0.146. The van der Waals surface area contributed by atoms with Crippen LogP contribution in [0.2, 0.25) is 0 Å². The number of ether oxygens (including phenoxy) is 4. The van der Waals surface area contributed by atoms with E-state index >= 15 is 0 Å². The third kappa shape index (κ3) is 4.03. The normalized spacial score (nSPS) is 13.9. The van der Waals surface area contributed by atoms with Crippen molar-refractivity contribution in [2.45, 2.75) is 0 Å².